The highest BCUT2D eigenvalue weighted by Gasteiger charge is 2.30. The number of nitrogens with zero attached hydrogens (tertiary/aromatic N) is 2. The Bertz CT molecular complexity index is 724. The molecule has 0 saturated carbocycles. The van der Waals surface area contributed by atoms with E-state index in [9.17, 15) is 9.59 Å². The number of benzene rings is 1. The van der Waals surface area contributed by atoms with Crippen LogP contribution in [-0.2, 0) is 0 Å². The van der Waals surface area contributed by atoms with Crippen molar-refractivity contribution < 1.29 is 9.21 Å². The van der Waals surface area contributed by atoms with Crippen molar-refractivity contribution in [3.05, 3.63) is 34.3 Å². The van der Waals surface area contributed by atoms with Crippen molar-refractivity contribution >= 4 is 17.1 Å². The first kappa shape index (κ1) is 10.4. The van der Waals surface area contributed by atoms with Gasteiger partial charge in [0.15, 0.2) is 11.8 Å². The molecule has 2 amide bonds. The first-order valence-corrected chi connectivity index (χ1v) is 5.28. The maximum absolute atomic E-state index is 11.4. The molecule has 18 heavy (non-hydrogen) atoms. The average molecular weight is 244 g/mol. The molecule has 0 bridgehead atoms. The molecule has 1 unspecified atom stereocenters. The van der Waals surface area contributed by atoms with Crippen LogP contribution >= 0.6 is 0 Å². The Morgan fingerprint density at radius 3 is 3.00 bits per heavy atom. The van der Waals surface area contributed by atoms with Gasteiger partial charge >= 0.3 is 11.8 Å². The molecule has 1 fully saturated rings. The fourth-order valence-electron chi connectivity index (χ4n) is 1.99. The fraction of sp³-hybridized carbons (Fsp3) is 0.182. The maximum Gasteiger partial charge on any atom is 0.417 e. The number of rotatable bonds is 1. The van der Waals surface area contributed by atoms with E-state index in [1.165, 1.54) is 0 Å². The summed E-state index contributed by atoms with van der Waals surface area (Å²) in [6.45, 7) is 0.273. The van der Waals surface area contributed by atoms with Crippen LogP contribution in [0.1, 0.15) is 11.6 Å². The Morgan fingerprint density at radius 1 is 1.44 bits per heavy atom. The number of hydrogen-bond acceptors (Lipinski definition) is 4. The highest BCUT2D eigenvalue weighted by atomic mass is 16.4. The van der Waals surface area contributed by atoms with E-state index < -0.39 is 11.8 Å². The largest absolute Gasteiger partial charge is 0.417 e. The van der Waals surface area contributed by atoms with Crippen LogP contribution in [0.15, 0.2) is 27.4 Å². The topological polar surface area (TPSA) is 102 Å². The van der Waals surface area contributed by atoms with Crippen molar-refractivity contribution in [3.8, 4) is 6.19 Å². The molecule has 0 aliphatic carbocycles. The molecule has 2 N–H and O–H groups in total. The quantitative estimate of drug-likeness (QED) is 0.719. The minimum atomic E-state index is -0.517. The summed E-state index contributed by atoms with van der Waals surface area (Å²) in [5.74, 6) is -0.517. The van der Waals surface area contributed by atoms with E-state index >= 15 is 0 Å². The molecular formula is C11H8N4O3. The number of H-pyrrole nitrogens is 1. The van der Waals surface area contributed by atoms with Crippen LogP contribution in [0, 0.1) is 11.5 Å². The van der Waals surface area contributed by atoms with Crippen molar-refractivity contribution in [2.75, 3.05) is 6.54 Å². The Morgan fingerprint density at radius 2 is 2.28 bits per heavy atom. The molecule has 2 aromatic rings. The van der Waals surface area contributed by atoms with Gasteiger partial charge in [0, 0.05) is 0 Å². The number of hydrogen-bond donors (Lipinski definition) is 2. The van der Waals surface area contributed by atoms with Crippen molar-refractivity contribution in [2.24, 2.45) is 0 Å². The summed E-state index contributed by atoms with van der Waals surface area (Å²) < 4.78 is 4.95. The number of aromatic amines is 1. The normalized spacial score (nSPS) is 18.9. The lowest BCUT2D eigenvalue weighted by atomic mass is 10.1. The molecule has 1 aromatic carbocycles. The lowest BCUT2D eigenvalue weighted by Crippen LogP contribution is -2.23. The Kier molecular flexibility index (Phi) is 2.10. The second kappa shape index (κ2) is 3.63. The summed E-state index contributed by atoms with van der Waals surface area (Å²) in [4.78, 5) is 26.0. The van der Waals surface area contributed by atoms with Crippen molar-refractivity contribution in [1.82, 2.24) is 15.2 Å². The van der Waals surface area contributed by atoms with Crippen LogP contribution in [-0.4, -0.2) is 22.5 Å². The second-order valence-electron chi connectivity index (χ2n) is 3.98. The van der Waals surface area contributed by atoms with Gasteiger partial charge in [0.25, 0.3) is 0 Å². The van der Waals surface area contributed by atoms with Gasteiger partial charge in [-0.15, -0.1) is 0 Å². The smallest absolute Gasteiger partial charge is 0.408 e. The number of oxazole rings is 1. The van der Waals surface area contributed by atoms with Crippen molar-refractivity contribution in [2.45, 2.75) is 6.04 Å². The molecular weight excluding hydrogens is 236 g/mol. The monoisotopic (exact) mass is 244 g/mol. The lowest BCUT2D eigenvalue weighted by Gasteiger charge is -2.08. The van der Waals surface area contributed by atoms with E-state index in [1.807, 2.05) is 0 Å². The van der Waals surface area contributed by atoms with Crippen LogP contribution in [0.3, 0.4) is 0 Å². The van der Waals surface area contributed by atoms with E-state index in [-0.39, 0.29) is 12.6 Å². The highest BCUT2D eigenvalue weighted by Crippen LogP contribution is 2.22. The van der Waals surface area contributed by atoms with Gasteiger partial charge in [-0.3, -0.25) is 4.98 Å². The summed E-state index contributed by atoms with van der Waals surface area (Å²) in [5.41, 5.74) is 1.82. The molecule has 7 nitrogen and oxygen atoms in total. The van der Waals surface area contributed by atoms with Crippen LogP contribution in [0.5, 0.6) is 0 Å². The van der Waals surface area contributed by atoms with E-state index in [0.717, 1.165) is 10.5 Å². The molecule has 1 saturated heterocycles. The zero-order chi connectivity index (χ0) is 12.7. The van der Waals surface area contributed by atoms with Crippen molar-refractivity contribution in [1.29, 1.82) is 5.26 Å². The zero-order valence-corrected chi connectivity index (χ0v) is 9.14. The number of urea groups is 1. The van der Waals surface area contributed by atoms with Gasteiger partial charge in [-0.2, -0.15) is 5.26 Å². The third kappa shape index (κ3) is 1.51. The van der Waals surface area contributed by atoms with Crippen LogP contribution < -0.4 is 11.1 Å². The average Bonchev–Trinajstić information content (AvgIpc) is 2.89. The Balaban J connectivity index is 1.98. The molecule has 1 aromatic heterocycles. The second-order valence-corrected chi connectivity index (χ2v) is 3.98. The summed E-state index contributed by atoms with van der Waals surface area (Å²) in [6.07, 6.45) is 1.80. The molecule has 0 spiro atoms. The molecule has 1 aliphatic rings. The number of fused-ring (bicyclic) bond motifs is 1. The molecule has 90 valence electrons. The van der Waals surface area contributed by atoms with E-state index in [1.54, 1.807) is 24.4 Å². The third-order valence-corrected chi connectivity index (χ3v) is 2.88. The first-order chi connectivity index (χ1) is 8.67. The Labute approximate surface area is 101 Å². The van der Waals surface area contributed by atoms with Gasteiger partial charge in [-0.1, -0.05) is 6.07 Å². The zero-order valence-electron chi connectivity index (χ0n) is 9.14. The number of aromatic nitrogens is 1. The number of carbonyl (C=O) groups excluding carboxylic acids is 1. The fourth-order valence-corrected chi connectivity index (χ4v) is 1.99. The summed E-state index contributed by atoms with van der Waals surface area (Å²) >= 11 is 0. The van der Waals surface area contributed by atoms with Crippen molar-refractivity contribution in [3.63, 3.8) is 0 Å². The summed E-state index contributed by atoms with van der Waals surface area (Å²) in [6, 6.07) is 4.47. The lowest BCUT2D eigenvalue weighted by molar-refractivity contribution is 0.232. The molecule has 1 atom stereocenters. The summed E-state index contributed by atoms with van der Waals surface area (Å²) in [7, 11) is 0. The summed E-state index contributed by atoms with van der Waals surface area (Å²) in [5, 5.41) is 11.4. The van der Waals surface area contributed by atoms with E-state index in [2.05, 4.69) is 10.3 Å². The number of carbonyl (C=O) groups is 1. The SMILES string of the molecule is N#CN1CC(c2ccc3[nH]c(=O)oc3c2)NC1=O. The predicted molar refractivity (Wildman–Crippen MR) is 60.4 cm³/mol. The van der Waals surface area contributed by atoms with Crippen LogP contribution in [0.25, 0.3) is 11.1 Å². The molecule has 3 rings (SSSR count). The van der Waals surface area contributed by atoms with Crippen LogP contribution in [0.4, 0.5) is 4.79 Å². The molecule has 2 heterocycles. The molecule has 1 aliphatic heterocycles. The van der Waals surface area contributed by atoms with Gasteiger partial charge in [0.05, 0.1) is 18.1 Å². The van der Waals surface area contributed by atoms with Gasteiger partial charge in [-0.05, 0) is 17.7 Å². The first-order valence-electron chi connectivity index (χ1n) is 5.28. The standard InChI is InChI=1S/C11H8N4O3/c12-5-15-4-8(13-10(15)16)6-1-2-7-9(3-6)18-11(17)14-7/h1-3,8H,4H2,(H,13,16)(H,14,17). The number of nitrogens with one attached hydrogen (secondary N) is 2. The molecule has 7 heteroatoms. The maximum atomic E-state index is 11.4. The van der Waals surface area contributed by atoms with E-state index in [0.29, 0.717) is 11.1 Å². The van der Waals surface area contributed by atoms with Gasteiger partial charge in [0.2, 0.25) is 0 Å². The van der Waals surface area contributed by atoms with Gasteiger partial charge < -0.3 is 9.73 Å². The van der Waals surface area contributed by atoms with Crippen LogP contribution in [0.2, 0.25) is 0 Å². The third-order valence-electron chi connectivity index (χ3n) is 2.88. The highest BCUT2D eigenvalue weighted by molar-refractivity contribution is 5.79. The minimum Gasteiger partial charge on any atom is -0.408 e. The van der Waals surface area contributed by atoms with Gasteiger partial charge in [-0.25, -0.2) is 14.5 Å². The predicted octanol–water partition coefficient (Wildman–Crippen LogP) is 0.668. The minimum absolute atomic E-state index is 0.273. The number of amides is 2. The van der Waals surface area contributed by atoms with Gasteiger partial charge in [0.1, 0.15) is 0 Å². The number of nitriles is 1. The Hall–Kier alpha value is -2.75. The molecule has 0 radical (unpaired) electrons. The van der Waals surface area contributed by atoms with E-state index in [4.69, 9.17) is 9.68 Å².